The minimum Gasteiger partial charge on any atom is -0.450 e. The van der Waals surface area contributed by atoms with E-state index in [-0.39, 0.29) is 16.4 Å². The Morgan fingerprint density at radius 3 is 2.52 bits per heavy atom. The SMILES string of the molecule is NC(=O)CN1C(=O)S/C(=C\c2cccc(Oc3ccc([N+](=O)[O-])cc3[N+](=O)[O-])c2)C1=O. The number of carbonyl (C=O) groups excluding carboxylic acids is 3. The number of nitro benzene ring substituents is 2. The van der Waals surface area contributed by atoms with Crippen LogP contribution < -0.4 is 10.5 Å². The maximum Gasteiger partial charge on any atom is 0.318 e. The second kappa shape index (κ2) is 8.62. The van der Waals surface area contributed by atoms with Crippen LogP contribution in [0.5, 0.6) is 11.5 Å². The van der Waals surface area contributed by atoms with Crippen LogP contribution in [-0.2, 0) is 9.59 Å². The Morgan fingerprint density at radius 1 is 1.13 bits per heavy atom. The molecule has 3 amide bonds. The Labute approximate surface area is 177 Å². The van der Waals surface area contributed by atoms with Gasteiger partial charge in [-0.25, -0.2) is 0 Å². The summed E-state index contributed by atoms with van der Waals surface area (Å²) < 4.78 is 5.51. The van der Waals surface area contributed by atoms with Gasteiger partial charge in [0.05, 0.1) is 20.8 Å². The molecule has 0 atom stereocenters. The number of rotatable bonds is 7. The van der Waals surface area contributed by atoms with Crippen LogP contribution >= 0.6 is 11.8 Å². The molecule has 1 aliphatic heterocycles. The van der Waals surface area contributed by atoms with Crippen molar-refractivity contribution in [2.45, 2.75) is 0 Å². The molecule has 2 aromatic carbocycles. The van der Waals surface area contributed by atoms with Crippen molar-refractivity contribution >= 4 is 46.3 Å². The molecule has 2 aromatic rings. The number of primary amides is 1. The van der Waals surface area contributed by atoms with Crippen LogP contribution in [0, 0.1) is 20.2 Å². The topological polar surface area (TPSA) is 176 Å². The first-order valence-corrected chi connectivity index (χ1v) is 9.22. The summed E-state index contributed by atoms with van der Waals surface area (Å²) in [5.41, 5.74) is 4.42. The van der Waals surface area contributed by atoms with Gasteiger partial charge in [0.25, 0.3) is 16.8 Å². The zero-order valence-electron chi connectivity index (χ0n) is 15.4. The Bertz CT molecular complexity index is 1160. The molecule has 0 unspecified atom stereocenters. The molecule has 0 aromatic heterocycles. The molecule has 0 bridgehead atoms. The van der Waals surface area contributed by atoms with Crippen LogP contribution in [0.15, 0.2) is 47.4 Å². The van der Waals surface area contributed by atoms with Gasteiger partial charge in [-0.2, -0.15) is 0 Å². The highest BCUT2D eigenvalue weighted by molar-refractivity contribution is 8.18. The lowest BCUT2D eigenvalue weighted by Crippen LogP contribution is -2.36. The van der Waals surface area contributed by atoms with E-state index in [0.29, 0.717) is 17.3 Å². The summed E-state index contributed by atoms with van der Waals surface area (Å²) in [6.45, 7) is -0.533. The number of nitro groups is 2. The molecule has 1 fully saturated rings. The fourth-order valence-electron chi connectivity index (χ4n) is 2.59. The van der Waals surface area contributed by atoms with Crippen molar-refractivity contribution in [2.75, 3.05) is 6.54 Å². The summed E-state index contributed by atoms with van der Waals surface area (Å²) in [5, 5.41) is 21.4. The van der Waals surface area contributed by atoms with Crippen molar-refractivity contribution in [3.05, 3.63) is 73.2 Å². The van der Waals surface area contributed by atoms with Crippen LogP contribution in [0.4, 0.5) is 16.2 Å². The first-order chi connectivity index (χ1) is 14.7. The number of hydrogen-bond acceptors (Lipinski definition) is 9. The van der Waals surface area contributed by atoms with E-state index in [9.17, 15) is 34.6 Å². The second-order valence-corrected chi connectivity index (χ2v) is 7.07. The molecule has 13 heteroatoms. The van der Waals surface area contributed by atoms with Crippen LogP contribution in [0.2, 0.25) is 0 Å². The summed E-state index contributed by atoms with van der Waals surface area (Å²) in [6, 6.07) is 9.05. The lowest BCUT2D eigenvalue weighted by molar-refractivity contribution is -0.394. The van der Waals surface area contributed by atoms with Gasteiger partial charge in [-0.1, -0.05) is 12.1 Å². The number of ether oxygens (including phenoxy) is 1. The number of hydrogen-bond donors (Lipinski definition) is 1. The average molecular weight is 444 g/mol. The Balaban J connectivity index is 1.87. The van der Waals surface area contributed by atoms with Crippen LogP contribution in [0.25, 0.3) is 6.08 Å². The summed E-state index contributed by atoms with van der Waals surface area (Å²) in [4.78, 5) is 56.5. The van der Waals surface area contributed by atoms with Gasteiger partial charge in [0.1, 0.15) is 12.3 Å². The molecule has 12 nitrogen and oxygen atoms in total. The lowest BCUT2D eigenvalue weighted by atomic mass is 10.2. The van der Waals surface area contributed by atoms with Gasteiger partial charge in [-0.15, -0.1) is 0 Å². The van der Waals surface area contributed by atoms with Gasteiger partial charge in [-0.3, -0.25) is 39.5 Å². The molecule has 31 heavy (non-hydrogen) atoms. The quantitative estimate of drug-likeness (QED) is 0.382. The van der Waals surface area contributed by atoms with Crippen molar-refractivity contribution in [3.8, 4) is 11.5 Å². The summed E-state index contributed by atoms with van der Waals surface area (Å²) in [7, 11) is 0. The van der Waals surface area contributed by atoms with Gasteiger partial charge >= 0.3 is 5.69 Å². The fourth-order valence-corrected chi connectivity index (χ4v) is 3.42. The zero-order chi connectivity index (χ0) is 22.7. The molecule has 0 radical (unpaired) electrons. The Morgan fingerprint density at radius 2 is 1.87 bits per heavy atom. The van der Waals surface area contributed by atoms with Crippen molar-refractivity contribution in [1.29, 1.82) is 0 Å². The highest BCUT2D eigenvalue weighted by atomic mass is 32.2. The maximum absolute atomic E-state index is 12.3. The summed E-state index contributed by atoms with van der Waals surface area (Å²) in [5.74, 6) is -1.56. The molecule has 0 saturated carbocycles. The molecule has 1 aliphatic rings. The molecule has 0 aliphatic carbocycles. The number of thioether (sulfide) groups is 1. The molecule has 1 saturated heterocycles. The van der Waals surface area contributed by atoms with Crippen molar-refractivity contribution < 1.29 is 29.0 Å². The monoisotopic (exact) mass is 444 g/mol. The highest BCUT2D eigenvalue weighted by Crippen LogP contribution is 2.36. The smallest absolute Gasteiger partial charge is 0.318 e. The summed E-state index contributed by atoms with van der Waals surface area (Å²) >= 11 is 0.636. The van der Waals surface area contributed by atoms with E-state index >= 15 is 0 Å². The van der Waals surface area contributed by atoms with E-state index in [2.05, 4.69) is 0 Å². The van der Waals surface area contributed by atoms with Gasteiger partial charge in [-0.05, 0) is 41.6 Å². The molecule has 3 rings (SSSR count). The third-order valence-electron chi connectivity index (χ3n) is 3.92. The molecule has 2 N–H and O–H groups in total. The highest BCUT2D eigenvalue weighted by Gasteiger charge is 2.35. The molecule has 158 valence electrons. The molecular formula is C18H12N4O8S. The molecule has 0 spiro atoms. The normalized spacial score (nSPS) is 14.7. The van der Waals surface area contributed by atoms with Crippen LogP contribution in [-0.4, -0.2) is 38.3 Å². The minimum absolute atomic E-state index is 0.0599. The second-order valence-electron chi connectivity index (χ2n) is 6.07. The zero-order valence-corrected chi connectivity index (χ0v) is 16.2. The standard InChI is InChI=1S/C18H12N4O8S/c19-16(23)9-20-17(24)15(31-18(20)25)7-10-2-1-3-12(6-10)30-14-5-4-11(21(26)27)8-13(14)22(28)29/h1-8H,9H2,(H2,19,23)/b15-7-. The van der Waals surface area contributed by atoms with E-state index in [1.54, 1.807) is 12.1 Å². The largest absolute Gasteiger partial charge is 0.450 e. The Kier molecular flexibility index (Phi) is 5.97. The van der Waals surface area contributed by atoms with Gasteiger partial charge in [0, 0.05) is 6.07 Å². The predicted molar refractivity (Wildman–Crippen MR) is 108 cm³/mol. The number of carbonyl (C=O) groups is 3. The van der Waals surface area contributed by atoms with E-state index < -0.39 is 44.8 Å². The Hall–Kier alpha value is -4.26. The van der Waals surface area contributed by atoms with Gasteiger partial charge in [0.15, 0.2) is 0 Å². The minimum atomic E-state index is -0.830. The van der Waals surface area contributed by atoms with Crippen LogP contribution in [0.1, 0.15) is 5.56 Å². The number of amides is 3. The summed E-state index contributed by atoms with van der Waals surface area (Å²) in [6.07, 6.45) is 1.39. The van der Waals surface area contributed by atoms with E-state index in [0.717, 1.165) is 23.1 Å². The van der Waals surface area contributed by atoms with Gasteiger partial charge < -0.3 is 10.5 Å². The lowest BCUT2D eigenvalue weighted by Gasteiger charge is -2.08. The van der Waals surface area contributed by atoms with E-state index in [1.807, 2.05) is 0 Å². The van der Waals surface area contributed by atoms with Crippen molar-refractivity contribution in [2.24, 2.45) is 5.73 Å². The number of benzene rings is 2. The average Bonchev–Trinajstić information content (AvgIpc) is 2.95. The number of nitrogens with two attached hydrogens (primary N) is 1. The number of imide groups is 1. The third kappa shape index (κ3) is 4.84. The van der Waals surface area contributed by atoms with E-state index in [1.165, 1.54) is 18.2 Å². The first-order valence-electron chi connectivity index (χ1n) is 8.40. The third-order valence-corrected chi connectivity index (χ3v) is 4.83. The van der Waals surface area contributed by atoms with Crippen molar-refractivity contribution in [1.82, 2.24) is 4.90 Å². The first kappa shape index (κ1) is 21.4. The number of non-ortho nitro benzene ring substituents is 1. The fraction of sp³-hybridized carbons (Fsp3) is 0.0556. The van der Waals surface area contributed by atoms with Crippen molar-refractivity contribution in [3.63, 3.8) is 0 Å². The van der Waals surface area contributed by atoms with Crippen LogP contribution in [0.3, 0.4) is 0 Å². The van der Waals surface area contributed by atoms with E-state index in [4.69, 9.17) is 10.5 Å². The van der Waals surface area contributed by atoms with Gasteiger partial charge in [0.2, 0.25) is 11.7 Å². The molecular weight excluding hydrogens is 432 g/mol. The molecule has 1 heterocycles. The maximum atomic E-state index is 12.3. The number of nitrogens with zero attached hydrogens (tertiary/aromatic N) is 3. The predicted octanol–water partition coefficient (Wildman–Crippen LogP) is 2.82.